The van der Waals surface area contributed by atoms with Crippen molar-refractivity contribution in [3.63, 3.8) is 0 Å². The Morgan fingerprint density at radius 3 is 2.80 bits per heavy atom. The first-order valence-corrected chi connectivity index (χ1v) is 8.27. The maximum absolute atomic E-state index is 12.5. The van der Waals surface area contributed by atoms with Crippen molar-refractivity contribution in [3.8, 4) is 5.69 Å². The largest absolute Gasteiger partial charge is 0.381 e. The Labute approximate surface area is 144 Å². The second-order valence-electron chi connectivity index (χ2n) is 5.98. The van der Waals surface area contributed by atoms with Crippen molar-refractivity contribution >= 4 is 11.6 Å². The summed E-state index contributed by atoms with van der Waals surface area (Å²) in [5, 5.41) is 18.0. The third-order valence-corrected chi connectivity index (χ3v) is 4.33. The summed E-state index contributed by atoms with van der Waals surface area (Å²) in [6.45, 7) is 3.97. The first-order chi connectivity index (χ1) is 12.1. The fourth-order valence-electron chi connectivity index (χ4n) is 2.92. The molecule has 0 radical (unpaired) electrons. The highest BCUT2D eigenvalue weighted by molar-refractivity contribution is 5.95. The van der Waals surface area contributed by atoms with Gasteiger partial charge in [0.05, 0.1) is 34.7 Å². The van der Waals surface area contributed by atoms with Gasteiger partial charge in [0.15, 0.2) is 0 Å². The molecule has 2 heterocycles. The number of nitrogens with zero attached hydrogens (tertiary/aromatic N) is 3. The van der Waals surface area contributed by atoms with Crippen LogP contribution in [0.15, 0.2) is 30.5 Å². The molecule has 0 saturated carbocycles. The van der Waals surface area contributed by atoms with Crippen LogP contribution >= 0.6 is 0 Å². The minimum atomic E-state index is -0.445. The summed E-state index contributed by atoms with van der Waals surface area (Å²) in [7, 11) is 0. The van der Waals surface area contributed by atoms with E-state index in [0.29, 0.717) is 36.7 Å². The van der Waals surface area contributed by atoms with Crippen molar-refractivity contribution in [1.29, 1.82) is 0 Å². The van der Waals surface area contributed by atoms with Crippen LogP contribution in [0, 0.1) is 16.0 Å². The Morgan fingerprint density at radius 1 is 1.44 bits per heavy atom. The van der Waals surface area contributed by atoms with Gasteiger partial charge in [-0.3, -0.25) is 14.9 Å². The molecule has 0 spiro atoms. The molecule has 1 atom stereocenters. The first kappa shape index (κ1) is 17.1. The molecule has 1 saturated heterocycles. The fraction of sp³-hybridized carbons (Fsp3) is 0.412. The third kappa shape index (κ3) is 3.69. The number of benzene rings is 1. The van der Waals surface area contributed by atoms with E-state index in [9.17, 15) is 14.9 Å². The average Bonchev–Trinajstić information content (AvgIpc) is 3.29. The lowest BCUT2D eigenvalue weighted by atomic mass is 10.1. The number of aromatic nitrogens is 2. The molecule has 1 N–H and O–H groups in total. The minimum absolute atomic E-state index is 0.0192. The van der Waals surface area contributed by atoms with E-state index in [1.165, 1.54) is 12.1 Å². The van der Waals surface area contributed by atoms with Gasteiger partial charge in [0, 0.05) is 31.2 Å². The topological polar surface area (TPSA) is 99.3 Å². The summed E-state index contributed by atoms with van der Waals surface area (Å²) in [6.07, 6.45) is 3.12. The SMILES string of the molecule is CCc1c(C(=O)NC[C@H]2CCOC2)cnn1-c1ccc([N+](=O)[O-])cc1. The zero-order valence-electron chi connectivity index (χ0n) is 14.0. The molecule has 132 valence electrons. The van der Waals surface area contributed by atoms with Crippen LogP contribution in [0.25, 0.3) is 5.69 Å². The van der Waals surface area contributed by atoms with Gasteiger partial charge in [0.25, 0.3) is 11.6 Å². The zero-order valence-corrected chi connectivity index (χ0v) is 14.0. The predicted molar refractivity (Wildman–Crippen MR) is 90.9 cm³/mol. The summed E-state index contributed by atoms with van der Waals surface area (Å²) >= 11 is 0. The van der Waals surface area contributed by atoms with Crippen molar-refractivity contribution in [2.24, 2.45) is 5.92 Å². The summed E-state index contributed by atoms with van der Waals surface area (Å²) in [6, 6.07) is 6.11. The quantitative estimate of drug-likeness (QED) is 0.639. The molecule has 0 aliphatic carbocycles. The van der Waals surface area contributed by atoms with Crippen molar-refractivity contribution in [3.05, 3.63) is 51.8 Å². The second kappa shape index (κ2) is 7.43. The van der Waals surface area contributed by atoms with E-state index in [0.717, 1.165) is 18.7 Å². The maximum atomic E-state index is 12.5. The second-order valence-corrected chi connectivity index (χ2v) is 5.98. The molecule has 3 rings (SSSR count). The molecule has 0 unspecified atom stereocenters. The van der Waals surface area contributed by atoms with Gasteiger partial charge >= 0.3 is 0 Å². The number of non-ortho nitro benzene ring substituents is 1. The molecule has 1 fully saturated rings. The summed E-state index contributed by atoms with van der Waals surface area (Å²) in [5.41, 5.74) is 2.00. The molecule has 1 aromatic carbocycles. The van der Waals surface area contributed by atoms with E-state index >= 15 is 0 Å². The van der Waals surface area contributed by atoms with E-state index in [-0.39, 0.29) is 11.6 Å². The van der Waals surface area contributed by atoms with Gasteiger partial charge in [-0.15, -0.1) is 0 Å². The lowest BCUT2D eigenvalue weighted by Gasteiger charge is -2.10. The normalized spacial score (nSPS) is 16.8. The van der Waals surface area contributed by atoms with Gasteiger partial charge in [-0.05, 0) is 25.0 Å². The molecule has 2 aromatic rings. The smallest absolute Gasteiger partial charge is 0.269 e. The van der Waals surface area contributed by atoms with Crippen LogP contribution in [0.3, 0.4) is 0 Å². The van der Waals surface area contributed by atoms with Crippen molar-refractivity contribution in [2.75, 3.05) is 19.8 Å². The number of amides is 1. The first-order valence-electron chi connectivity index (χ1n) is 8.27. The number of ether oxygens (including phenoxy) is 1. The lowest BCUT2D eigenvalue weighted by Crippen LogP contribution is -2.30. The van der Waals surface area contributed by atoms with E-state index in [1.54, 1.807) is 23.0 Å². The Kier molecular flexibility index (Phi) is 5.08. The van der Waals surface area contributed by atoms with E-state index in [1.807, 2.05) is 6.92 Å². The van der Waals surface area contributed by atoms with E-state index in [4.69, 9.17) is 4.74 Å². The Balaban J connectivity index is 1.77. The molecule has 0 bridgehead atoms. The van der Waals surface area contributed by atoms with Gasteiger partial charge < -0.3 is 10.1 Å². The number of hydrogen-bond donors (Lipinski definition) is 1. The van der Waals surface area contributed by atoms with Crippen molar-refractivity contribution in [1.82, 2.24) is 15.1 Å². The average molecular weight is 344 g/mol. The molecule has 25 heavy (non-hydrogen) atoms. The number of rotatable bonds is 6. The van der Waals surface area contributed by atoms with E-state index in [2.05, 4.69) is 10.4 Å². The van der Waals surface area contributed by atoms with Crippen LogP contribution < -0.4 is 5.32 Å². The molecular weight excluding hydrogens is 324 g/mol. The molecule has 1 aromatic heterocycles. The van der Waals surface area contributed by atoms with Crippen LogP contribution in [0.2, 0.25) is 0 Å². The summed E-state index contributed by atoms with van der Waals surface area (Å²) < 4.78 is 6.96. The monoisotopic (exact) mass is 344 g/mol. The van der Waals surface area contributed by atoms with Crippen LogP contribution in [-0.4, -0.2) is 40.4 Å². The molecule has 1 aliphatic heterocycles. The molecule has 1 amide bonds. The van der Waals surface area contributed by atoms with Crippen LogP contribution in [0.5, 0.6) is 0 Å². The highest BCUT2D eigenvalue weighted by Crippen LogP contribution is 2.19. The molecule has 1 aliphatic rings. The van der Waals surface area contributed by atoms with Crippen molar-refractivity contribution in [2.45, 2.75) is 19.8 Å². The van der Waals surface area contributed by atoms with E-state index < -0.39 is 4.92 Å². The number of nitro benzene ring substituents is 1. The maximum Gasteiger partial charge on any atom is 0.269 e. The van der Waals surface area contributed by atoms with Gasteiger partial charge in [-0.25, -0.2) is 4.68 Å². The number of nitrogens with one attached hydrogen (secondary N) is 1. The van der Waals surface area contributed by atoms with Gasteiger partial charge in [-0.1, -0.05) is 6.92 Å². The summed E-state index contributed by atoms with van der Waals surface area (Å²) in [5.74, 6) is 0.204. The number of nitro groups is 1. The Bertz CT molecular complexity index is 763. The van der Waals surface area contributed by atoms with Crippen molar-refractivity contribution < 1.29 is 14.5 Å². The standard InChI is InChI=1S/C17H20N4O4/c1-2-16-15(17(22)18-9-12-7-8-25-11-12)10-19-20(16)13-3-5-14(6-4-13)21(23)24/h3-6,10,12H,2,7-9,11H2,1H3,(H,18,22)/t12-/m1/s1. The van der Waals surface area contributed by atoms with Gasteiger partial charge in [0.2, 0.25) is 0 Å². The van der Waals surface area contributed by atoms with Gasteiger partial charge in [0.1, 0.15) is 0 Å². The predicted octanol–water partition coefficient (Wildman–Crippen LogP) is 2.11. The number of carbonyl (C=O) groups excluding carboxylic acids is 1. The lowest BCUT2D eigenvalue weighted by molar-refractivity contribution is -0.384. The third-order valence-electron chi connectivity index (χ3n) is 4.33. The fourth-order valence-corrected chi connectivity index (χ4v) is 2.92. The Hall–Kier alpha value is -2.74. The number of hydrogen-bond acceptors (Lipinski definition) is 5. The minimum Gasteiger partial charge on any atom is -0.381 e. The number of carbonyl (C=O) groups is 1. The van der Waals surface area contributed by atoms with Gasteiger partial charge in [-0.2, -0.15) is 5.10 Å². The zero-order chi connectivity index (χ0) is 17.8. The highest BCUT2D eigenvalue weighted by atomic mass is 16.6. The van der Waals surface area contributed by atoms with Crippen LogP contribution in [0.4, 0.5) is 5.69 Å². The van der Waals surface area contributed by atoms with Crippen LogP contribution in [-0.2, 0) is 11.2 Å². The Morgan fingerprint density at radius 2 is 2.20 bits per heavy atom. The molecular formula is C17H20N4O4. The highest BCUT2D eigenvalue weighted by Gasteiger charge is 2.20. The van der Waals surface area contributed by atoms with Crippen LogP contribution in [0.1, 0.15) is 29.4 Å². The molecule has 8 nitrogen and oxygen atoms in total. The molecule has 8 heteroatoms. The summed E-state index contributed by atoms with van der Waals surface area (Å²) in [4.78, 5) is 22.8.